The molecule has 4 rings (SSSR count). The second kappa shape index (κ2) is 17.3. The highest BCUT2D eigenvalue weighted by Gasteiger charge is 2.36. The molecule has 6 heteroatoms. The van der Waals surface area contributed by atoms with Gasteiger partial charge in [0.15, 0.2) is 0 Å². The summed E-state index contributed by atoms with van der Waals surface area (Å²) in [6.07, 6.45) is 6.83. The van der Waals surface area contributed by atoms with Crippen molar-refractivity contribution in [2.45, 2.75) is 78.8 Å². The minimum atomic E-state index is -0.401. The largest absolute Gasteiger partial charge is 0.334 e. The van der Waals surface area contributed by atoms with Gasteiger partial charge in [-0.05, 0) is 44.4 Å². The van der Waals surface area contributed by atoms with Gasteiger partial charge in [0, 0.05) is 31.5 Å². The molecule has 6 nitrogen and oxygen atoms in total. The molecule has 0 radical (unpaired) electrons. The second-order valence-electron chi connectivity index (χ2n) is 9.35. The summed E-state index contributed by atoms with van der Waals surface area (Å²) >= 11 is 0. The van der Waals surface area contributed by atoms with Crippen LogP contribution in [-0.2, 0) is 22.4 Å². The van der Waals surface area contributed by atoms with E-state index in [1.807, 2.05) is 88.0 Å². The van der Waals surface area contributed by atoms with Gasteiger partial charge < -0.3 is 10.2 Å². The Balaban J connectivity index is 0.00000127. The van der Waals surface area contributed by atoms with Crippen molar-refractivity contribution in [2.24, 2.45) is 5.92 Å². The molecule has 1 N–H and O–H groups in total. The smallest absolute Gasteiger partial charge is 0.227 e. The van der Waals surface area contributed by atoms with Gasteiger partial charge in [-0.15, -0.1) is 0 Å². The fourth-order valence-electron chi connectivity index (χ4n) is 4.77. The van der Waals surface area contributed by atoms with Crippen molar-refractivity contribution in [1.29, 1.82) is 0 Å². The third kappa shape index (κ3) is 9.39. The molecule has 1 amide bonds. The number of Topliss-reactive ketones (excluding diaryl/α,β-unsaturated/α-hetero) is 1. The standard InChI is InChI=1S/C29H34N4O2.2C2H6/c1-21(30-2)28(34)18-24(16-22-10-5-3-6-11-22)29(35)33-15-9-14-27(33)26-20-31-19-25(32-26)17-23-12-7-4-8-13-23;2*1-2/h3-8,10-13,19-21,24,27,30H,9,14-18H2,1-2H3;2*1-2H3/t21-,24+,27?;;/m0../s1. The normalized spacial score (nSPS) is 15.7. The number of amides is 1. The molecule has 0 spiro atoms. The zero-order valence-corrected chi connectivity index (χ0v) is 24.6. The monoisotopic (exact) mass is 530 g/mol. The van der Waals surface area contributed by atoms with Crippen molar-refractivity contribution in [3.63, 3.8) is 0 Å². The second-order valence-corrected chi connectivity index (χ2v) is 9.35. The Labute approximate surface area is 235 Å². The summed E-state index contributed by atoms with van der Waals surface area (Å²) in [5, 5.41) is 3.01. The van der Waals surface area contributed by atoms with Crippen molar-refractivity contribution in [1.82, 2.24) is 20.2 Å². The van der Waals surface area contributed by atoms with E-state index in [0.29, 0.717) is 19.4 Å². The third-order valence-corrected chi connectivity index (χ3v) is 6.85. The number of carbonyl (C=O) groups is 2. The molecule has 1 aromatic heterocycles. The number of ketones is 1. The molecule has 2 aromatic carbocycles. The molecule has 0 saturated carbocycles. The summed E-state index contributed by atoms with van der Waals surface area (Å²) in [6, 6.07) is 19.8. The number of rotatable bonds is 10. The first-order valence-electron chi connectivity index (χ1n) is 14.4. The van der Waals surface area contributed by atoms with Gasteiger partial charge in [-0.25, -0.2) is 0 Å². The number of likely N-dealkylation sites (N-methyl/N-ethyl adjacent to an activating group) is 1. The lowest BCUT2D eigenvalue weighted by atomic mass is 9.91. The number of carbonyl (C=O) groups excluding carboxylic acids is 2. The number of nitrogens with one attached hydrogen (secondary N) is 1. The van der Waals surface area contributed by atoms with Crippen LogP contribution in [0.1, 0.15) is 82.4 Å². The summed E-state index contributed by atoms with van der Waals surface area (Å²) in [4.78, 5) is 37.9. The van der Waals surface area contributed by atoms with Gasteiger partial charge >= 0.3 is 0 Å². The van der Waals surface area contributed by atoms with Crippen LogP contribution in [0, 0.1) is 5.92 Å². The van der Waals surface area contributed by atoms with E-state index >= 15 is 0 Å². The van der Waals surface area contributed by atoms with Crippen LogP contribution in [0.2, 0.25) is 0 Å². The van der Waals surface area contributed by atoms with Gasteiger partial charge in [-0.3, -0.25) is 19.6 Å². The summed E-state index contributed by atoms with van der Waals surface area (Å²) in [5.74, 6) is -0.313. The van der Waals surface area contributed by atoms with E-state index < -0.39 is 5.92 Å². The minimum absolute atomic E-state index is 0.0308. The molecule has 1 unspecified atom stereocenters. The molecule has 1 aliphatic rings. The highest BCUT2D eigenvalue weighted by Crippen LogP contribution is 2.33. The molecule has 3 aromatic rings. The van der Waals surface area contributed by atoms with Gasteiger partial charge in [0.05, 0.1) is 29.7 Å². The van der Waals surface area contributed by atoms with Gasteiger partial charge in [0.1, 0.15) is 5.78 Å². The van der Waals surface area contributed by atoms with Crippen molar-refractivity contribution >= 4 is 11.7 Å². The van der Waals surface area contributed by atoms with Gasteiger partial charge in [-0.2, -0.15) is 0 Å². The Morgan fingerprint density at radius 3 is 2.18 bits per heavy atom. The SMILES string of the molecule is CC.CC.CN[C@@H](C)C(=O)C[C@@H](Cc1ccccc1)C(=O)N1CCCC1c1cncc(Cc2ccccc2)n1. The minimum Gasteiger partial charge on any atom is -0.334 e. The predicted molar refractivity (Wildman–Crippen MR) is 159 cm³/mol. The average molecular weight is 531 g/mol. The topological polar surface area (TPSA) is 75.2 Å². The Morgan fingerprint density at radius 2 is 1.56 bits per heavy atom. The van der Waals surface area contributed by atoms with Gasteiger partial charge in [0.2, 0.25) is 5.91 Å². The maximum atomic E-state index is 13.9. The van der Waals surface area contributed by atoms with Crippen LogP contribution in [0.25, 0.3) is 0 Å². The first kappa shape index (κ1) is 31.8. The lowest BCUT2D eigenvalue weighted by Crippen LogP contribution is -2.40. The highest BCUT2D eigenvalue weighted by atomic mass is 16.2. The maximum Gasteiger partial charge on any atom is 0.227 e. The molecular formula is C33H46N4O2. The van der Waals surface area contributed by atoms with E-state index in [1.165, 1.54) is 5.56 Å². The molecule has 2 heterocycles. The van der Waals surface area contributed by atoms with Crippen LogP contribution in [0.3, 0.4) is 0 Å². The Hall–Kier alpha value is -3.38. The molecule has 210 valence electrons. The van der Waals surface area contributed by atoms with E-state index in [2.05, 4.69) is 22.4 Å². The molecule has 1 aliphatic heterocycles. The van der Waals surface area contributed by atoms with Crippen LogP contribution in [-0.4, -0.2) is 46.2 Å². The lowest BCUT2D eigenvalue weighted by Gasteiger charge is -2.29. The summed E-state index contributed by atoms with van der Waals surface area (Å²) in [6.45, 7) is 10.5. The summed E-state index contributed by atoms with van der Waals surface area (Å²) < 4.78 is 0. The number of hydrogen-bond donors (Lipinski definition) is 1. The molecule has 0 bridgehead atoms. The van der Waals surface area contributed by atoms with Crippen LogP contribution in [0.15, 0.2) is 73.1 Å². The number of hydrogen-bond acceptors (Lipinski definition) is 5. The average Bonchev–Trinajstić information content (AvgIpc) is 3.49. The third-order valence-electron chi connectivity index (χ3n) is 6.85. The van der Waals surface area contributed by atoms with E-state index in [1.54, 1.807) is 19.4 Å². The zero-order valence-electron chi connectivity index (χ0n) is 24.6. The van der Waals surface area contributed by atoms with Gasteiger partial charge in [-0.1, -0.05) is 88.4 Å². The van der Waals surface area contributed by atoms with Crippen LogP contribution < -0.4 is 5.32 Å². The summed E-state index contributed by atoms with van der Waals surface area (Å²) in [5.41, 5.74) is 3.97. The maximum absolute atomic E-state index is 13.9. The van der Waals surface area contributed by atoms with E-state index in [0.717, 1.165) is 29.8 Å². The first-order chi connectivity index (χ1) is 19.0. The lowest BCUT2D eigenvalue weighted by molar-refractivity contribution is -0.139. The van der Waals surface area contributed by atoms with Crippen LogP contribution in [0.4, 0.5) is 0 Å². The Kier molecular flexibility index (Phi) is 14.1. The molecule has 1 saturated heterocycles. The van der Waals surface area contributed by atoms with Gasteiger partial charge in [0.25, 0.3) is 0 Å². The van der Waals surface area contributed by atoms with E-state index in [9.17, 15) is 9.59 Å². The molecule has 1 fully saturated rings. The van der Waals surface area contributed by atoms with E-state index in [-0.39, 0.29) is 30.2 Å². The van der Waals surface area contributed by atoms with Crippen molar-refractivity contribution in [3.8, 4) is 0 Å². The number of nitrogens with zero attached hydrogens (tertiary/aromatic N) is 3. The number of benzene rings is 2. The molecule has 0 aliphatic carbocycles. The van der Waals surface area contributed by atoms with E-state index in [4.69, 9.17) is 4.98 Å². The predicted octanol–water partition coefficient (Wildman–Crippen LogP) is 6.21. The number of aromatic nitrogens is 2. The van der Waals surface area contributed by atoms with Crippen LogP contribution in [0.5, 0.6) is 0 Å². The molecular weight excluding hydrogens is 484 g/mol. The fourth-order valence-corrected chi connectivity index (χ4v) is 4.77. The number of likely N-dealkylation sites (tertiary alicyclic amines) is 1. The van der Waals surface area contributed by atoms with Crippen LogP contribution >= 0.6 is 0 Å². The quantitative estimate of drug-likeness (QED) is 0.337. The zero-order chi connectivity index (χ0) is 28.6. The summed E-state index contributed by atoms with van der Waals surface area (Å²) in [7, 11) is 1.77. The van der Waals surface area contributed by atoms with Crippen molar-refractivity contribution in [3.05, 3.63) is 95.6 Å². The Morgan fingerprint density at radius 1 is 0.949 bits per heavy atom. The molecule has 39 heavy (non-hydrogen) atoms. The van der Waals surface area contributed by atoms with Crippen molar-refractivity contribution < 1.29 is 9.59 Å². The molecule has 3 atom stereocenters. The first-order valence-corrected chi connectivity index (χ1v) is 14.4. The fraction of sp³-hybridized carbons (Fsp3) is 0.455. The Bertz CT molecular complexity index is 1120. The van der Waals surface area contributed by atoms with Crippen molar-refractivity contribution in [2.75, 3.05) is 13.6 Å². The highest BCUT2D eigenvalue weighted by molar-refractivity contribution is 5.90.